The summed E-state index contributed by atoms with van der Waals surface area (Å²) in [6.07, 6.45) is 3.05. The Hall–Kier alpha value is -0.610. The first kappa shape index (κ1) is 14.5. The molecule has 0 saturated carbocycles. The van der Waals surface area contributed by atoms with Gasteiger partial charge in [0.25, 0.3) is 0 Å². The summed E-state index contributed by atoms with van der Waals surface area (Å²) in [6.45, 7) is 8.73. The molecular formula is C13H26N2O2. The van der Waals surface area contributed by atoms with E-state index < -0.39 is 0 Å². The Morgan fingerprint density at radius 3 is 3.00 bits per heavy atom. The van der Waals surface area contributed by atoms with Gasteiger partial charge in [0, 0.05) is 19.1 Å². The zero-order chi connectivity index (χ0) is 12.7. The number of nitrogens with zero attached hydrogens (tertiary/aromatic N) is 1. The molecule has 0 amide bonds. The number of carbonyl (C=O) groups is 1. The average Bonchev–Trinajstić information content (AvgIpc) is 2.38. The zero-order valence-electron chi connectivity index (χ0n) is 11.4. The van der Waals surface area contributed by atoms with E-state index in [-0.39, 0.29) is 5.97 Å². The Labute approximate surface area is 105 Å². The molecule has 2 atom stereocenters. The lowest BCUT2D eigenvalue weighted by molar-refractivity contribution is -0.140. The predicted octanol–water partition coefficient (Wildman–Crippen LogP) is 1.26. The molecule has 17 heavy (non-hydrogen) atoms. The van der Waals surface area contributed by atoms with Gasteiger partial charge in [-0.2, -0.15) is 0 Å². The second-order valence-corrected chi connectivity index (χ2v) is 4.86. The summed E-state index contributed by atoms with van der Waals surface area (Å²) in [5.74, 6) is 0.574. The Balaban J connectivity index is 2.22. The molecule has 1 rings (SSSR count). The van der Waals surface area contributed by atoms with Crippen LogP contribution in [0.3, 0.4) is 0 Å². The number of piperidine rings is 1. The van der Waals surface area contributed by atoms with Crippen molar-refractivity contribution in [3.63, 3.8) is 0 Å². The van der Waals surface area contributed by atoms with Gasteiger partial charge < -0.3 is 15.0 Å². The fraction of sp³-hybridized carbons (Fsp3) is 0.923. The van der Waals surface area contributed by atoms with Gasteiger partial charge in [0.2, 0.25) is 0 Å². The monoisotopic (exact) mass is 242 g/mol. The highest BCUT2D eigenvalue weighted by molar-refractivity contribution is 5.69. The molecule has 0 aromatic heterocycles. The minimum atomic E-state index is -0.136. The lowest BCUT2D eigenvalue weighted by Crippen LogP contribution is -2.44. The maximum atomic E-state index is 11.0. The largest absolute Gasteiger partial charge is 0.469 e. The topological polar surface area (TPSA) is 41.6 Å². The first-order chi connectivity index (χ1) is 8.17. The molecule has 4 nitrogen and oxygen atoms in total. The van der Waals surface area contributed by atoms with Crippen molar-refractivity contribution in [2.24, 2.45) is 5.92 Å². The minimum absolute atomic E-state index is 0.136. The smallest absolute Gasteiger partial charge is 0.306 e. The number of methoxy groups -OCH3 is 1. The molecule has 1 saturated heterocycles. The molecule has 0 radical (unpaired) electrons. The Bertz CT molecular complexity index is 233. The van der Waals surface area contributed by atoms with E-state index in [2.05, 4.69) is 28.8 Å². The van der Waals surface area contributed by atoms with E-state index in [4.69, 9.17) is 0 Å². The SMILES string of the molecule is CCN1CCCC(C(C)NCCC(=O)OC)C1. The number of ether oxygens (including phenoxy) is 1. The fourth-order valence-corrected chi connectivity index (χ4v) is 2.46. The maximum Gasteiger partial charge on any atom is 0.306 e. The van der Waals surface area contributed by atoms with Crippen LogP contribution in [0, 0.1) is 5.92 Å². The van der Waals surface area contributed by atoms with Crippen molar-refractivity contribution < 1.29 is 9.53 Å². The zero-order valence-corrected chi connectivity index (χ0v) is 11.4. The van der Waals surface area contributed by atoms with E-state index in [1.54, 1.807) is 0 Å². The van der Waals surface area contributed by atoms with Crippen LogP contribution in [0.5, 0.6) is 0 Å². The summed E-state index contributed by atoms with van der Waals surface area (Å²) >= 11 is 0. The number of hydrogen-bond acceptors (Lipinski definition) is 4. The lowest BCUT2D eigenvalue weighted by atomic mass is 9.91. The summed E-state index contributed by atoms with van der Waals surface area (Å²) < 4.78 is 4.62. The number of esters is 1. The van der Waals surface area contributed by atoms with E-state index in [1.807, 2.05) is 0 Å². The highest BCUT2D eigenvalue weighted by Gasteiger charge is 2.23. The van der Waals surface area contributed by atoms with Crippen molar-refractivity contribution in [2.45, 2.75) is 39.2 Å². The number of rotatable bonds is 6. The average molecular weight is 242 g/mol. The van der Waals surface area contributed by atoms with Crippen molar-refractivity contribution in [3.05, 3.63) is 0 Å². The summed E-state index contributed by atoms with van der Waals surface area (Å²) in [4.78, 5) is 13.5. The molecule has 1 aliphatic rings. The fourth-order valence-electron chi connectivity index (χ4n) is 2.46. The standard InChI is InChI=1S/C13H26N2O2/c1-4-15-9-5-6-12(10-15)11(2)14-8-7-13(16)17-3/h11-12,14H,4-10H2,1-3H3. The molecule has 100 valence electrons. The van der Waals surface area contributed by atoms with Gasteiger partial charge >= 0.3 is 5.97 Å². The van der Waals surface area contributed by atoms with Crippen LogP contribution >= 0.6 is 0 Å². The summed E-state index contributed by atoms with van der Waals surface area (Å²) in [5.41, 5.74) is 0. The second kappa shape index (κ2) is 7.67. The molecule has 0 aromatic rings. The first-order valence-electron chi connectivity index (χ1n) is 6.70. The van der Waals surface area contributed by atoms with E-state index in [0.29, 0.717) is 18.4 Å². The van der Waals surface area contributed by atoms with Gasteiger partial charge in [-0.3, -0.25) is 4.79 Å². The third-order valence-corrected chi connectivity index (χ3v) is 3.72. The van der Waals surface area contributed by atoms with Crippen LogP contribution in [0.25, 0.3) is 0 Å². The van der Waals surface area contributed by atoms with Crippen molar-refractivity contribution in [1.29, 1.82) is 0 Å². The molecule has 4 heteroatoms. The normalized spacial score (nSPS) is 23.4. The lowest BCUT2D eigenvalue weighted by Gasteiger charge is -2.35. The van der Waals surface area contributed by atoms with E-state index in [0.717, 1.165) is 13.1 Å². The molecule has 2 unspecified atom stereocenters. The minimum Gasteiger partial charge on any atom is -0.469 e. The molecule has 1 N–H and O–H groups in total. The predicted molar refractivity (Wildman–Crippen MR) is 68.9 cm³/mol. The molecule has 0 spiro atoms. The van der Waals surface area contributed by atoms with Gasteiger partial charge in [-0.1, -0.05) is 6.92 Å². The van der Waals surface area contributed by atoms with Crippen molar-refractivity contribution >= 4 is 5.97 Å². The molecule has 0 aliphatic carbocycles. The van der Waals surface area contributed by atoms with Gasteiger partial charge in [-0.25, -0.2) is 0 Å². The second-order valence-electron chi connectivity index (χ2n) is 4.86. The molecule has 1 fully saturated rings. The van der Waals surface area contributed by atoms with E-state index in [9.17, 15) is 4.79 Å². The van der Waals surface area contributed by atoms with Crippen LogP contribution in [-0.4, -0.2) is 50.2 Å². The summed E-state index contributed by atoms with van der Waals surface area (Å²) in [7, 11) is 1.44. The van der Waals surface area contributed by atoms with Crippen LogP contribution in [0.2, 0.25) is 0 Å². The Kier molecular flexibility index (Phi) is 6.52. The van der Waals surface area contributed by atoms with Gasteiger partial charge in [-0.05, 0) is 38.8 Å². The quantitative estimate of drug-likeness (QED) is 0.712. The van der Waals surface area contributed by atoms with Crippen molar-refractivity contribution in [3.8, 4) is 0 Å². The number of likely N-dealkylation sites (tertiary alicyclic amines) is 1. The van der Waals surface area contributed by atoms with Crippen molar-refractivity contribution in [1.82, 2.24) is 10.2 Å². The summed E-state index contributed by atoms with van der Waals surface area (Å²) in [6, 6.07) is 0.481. The van der Waals surface area contributed by atoms with Crippen LogP contribution in [0.4, 0.5) is 0 Å². The Morgan fingerprint density at radius 2 is 2.35 bits per heavy atom. The highest BCUT2D eigenvalue weighted by Crippen LogP contribution is 2.19. The van der Waals surface area contributed by atoms with Crippen LogP contribution < -0.4 is 5.32 Å². The van der Waals surface area contributed by atoms with E-state index in [1.165, 1.54) is 33.0 Å². The number of hydrogen-bond donors (Lipinski definition) is 1. The van der Waals surface area contributed by atoms with Gasteiger partial charge in [-0.15, -0.1) is 0 Å². The third kappa shape index (κ3) is 5.04. The van der Waals surface area contributed by atoms with Gasteiger partial charge in [0.15, 0.2) is 0 Å². The highest BCUT2D eigenvalue weighted by atomic mass is 16.5. The summed E-state index contributed by atoms with van der Waals surface area (Å²) in [5, 5.41) is 3.43. The van der Waals surface area contributed by atoms with Crippen LogP contribution in [0.1, 0.15) is 33.1 Å². The van der Waals surface area contributed by atoms with Crippen LogP contribution in [-0.2, 0) is 9.53 Å². The Morgan fingerprint density at radius 1 is 1.59 bits per heavy atom. The van der Waals surface area contributed by atoms with Crippen LogP contribution in [0.15, 0.2) is 0 Å². The molecule has 1 aliphatic heterocycles. The molecule has 1 heterocycles. The van der Waals surface area contributed by atoms with Gasteiger partial charge in [0.1, 0.15) is 0 Å². The van der Waals surface area contributed by atoms with Gasteiger partial charge in [0.05, 0.1) is 13.5 Å². The number of carbonyl (C=O) groups excluding carboxylic acids is 1. The van der Waals surface area contributed by atoms with E-state index >= 15 is 0 Å². The molecular weight excluding hydrogens is 216 g/mol. The first-order valence-corrected chi connectivity index (χ1v) is 6.70. The van der Waals surface area contributed by atoms with Crippen molar-refractivity contribution in [2.75, 3.05) is 33.3 Å². The molecule has 0 bridgehead atoms. The third-order valence-electron chi connectivity index (χ3n) is 3.72. The molecule has 0 aromatic carbocycles. The number of nitrogens with one attached hydrogen (secondary N) is 1. The maximum absolute atomic E-state index is 11.0.